The van der Waals surface area contributed by atoms with Crippen LogP contribution >= 0.6 is 0 Å². The quantitative estimate of drug-likeness (QED) is 0.0725. The molecule has 2 unspecified atom stereocenters. The molecule has 55 heavy (non-hydrogen) atoms. The summed E-state index contributed by atoms with van der Waals surface area (Å²) >= 11 is 0. The molecule has 5 aromatic rings. The van der Waals surface area contributed by atoms with Crippen molar-refractivity contribution in [3.05, 3.63) is 155 Å². The van der Waals surface area contributed by atoms with Crippen LogP contribution in [0.25, 0.3) is 11.1 Å². The van der Waals surface area contributed by atoms with Crippen LogP contribution in [0, 0.1) is 0 Å². The van der Waals surface area contributed by atoms with Crippen LogP contribution in [-0.4, -0.2) is 86.3 Å². The van der Waals surface area contributed by atoms with Crippen molar-refractivity contribution in [3.63, 3.8) is 0 Å². The molecule has 1 N–H and O–H groups in total. The molecule has 0 bridgehead atoms. The average Bonchev–Trinajstić information content (AvgIpc) is 3.79. The van der Waals surface area contributed by atoms with Crippen LogP contribution in [0.15, 0.2) is 127 Å². The first kappa shape index (κ1) is 37.6. The molecule has 1 saturated heterocycles. The maximum atomic E-state index is 14.0. The van der Waals surface area contributed by atoms with Crippen LogP contribution in [0.4, 0.5) is 4.79 Å². The van der Waals surface area contributed by atoms with Gasteiger partial charge in [0.25, 0.3) is 5.91 Å². The summed E-state index contributed by atoms with van der Waals surface area (Å²) in [5.41, 5.74) is 6.00. The molecule has 1 fully saturated rings. The van der Waals surface area contributed by atoms with Crippen LogP contribution in [0.2, 0.25) is 0 Å². The molecule has 284 valence electrons. The van der Waals surface area contributed by atoms with E-state index in [-0.39, 0.29) is 45.2 Å². The monoisotopic (exact) mass is 742 g/mol. The molecule has 0 saturated carbocycles. The normalized spacial score (nSPS) is 16.3. The van der Waals surface area contributed by atoms with E-state index in [2.05, 4.69) is 24.3 Å². The van der Waals surface area contributed by atoms with Crippen molar-refractivity contribution < 1.29 is 38.5 Å². The van der Waals surface area contributed by atoms with E-state index < -0.39 is 29.7 Å². The Morgan fingerprint density at radius 2 is 1.25 bits per heavy atom. The van der Waals surface area contributed by atoms with Crippen molar-refractivity contribution >= 4 is 12.0 Å². The fourth-order valence-corrected chi connectivity index (χ4v) is 7.82. The molecule has 1 heterocycles. The lowest BCUT2D eigenvalue weighted by atomic mass is 9.80. The number of rotatable bonds is 14. The highest BCUT2D eigenvalue weighted by Gasteiger charge is 2.43. The first-order chi connectivity index (χ1) is 26.9. The number of β-amino-alcohol motifs (C(OH)–C–C–N with tert-alkyl or cyclic N) is 1. The zero-order chi connectivity index (χ0) is 38.4. The molecule has 7 rings (SSSR count). The maximum Gasteiger partial charge on any atom is 0.410 e. The smallest absolute Gasteiger partial charge is 0.410 e. The van der Waals surface area contributed by atoms with E-state index in [0.717, 1.165) is 38.9 Å². The lowest BCUT2D eigenvalue weighted by molar-refractivity contribution is -0.196. The minimum atomic E-state index is -1.05. The van der Waals surface area contributed by atoms with E-state index in [1.165, 1.54) is 9.96 Å². The molecule has 2 amide bonds. The number of amides is 2. The Bertz CT molecular complexity index is 1980. The van der Waals surface area contributed by atoms with Gasteiger partial charge in [-0.25, -0.2) is 9.86 Å². The van der Waals surface area contributed by atoms with Gasteiger partial charge in [-0.15, -0.1) is 0 Å². The van der Waals surface area contributed by atoms with Gasteiger partial charge in [-0.2, -0.15) is 0 Å². The Hall–Kier alpha value is -5.68. The third kappa shape index (κ3) is 7.53. The van der Waals surface area contributed by atoms with E-state index in [1.54, 1.807) is 21.1 Å². The third-order valence-electron chi connectivity index (χ3n) is 10.5. The second-order valence-electron chi connectivity index (χ2n) is 13.6. The number of hydroxylamine groups is 2. The number of carbonyl (C=O) groups excluding carboxylic acids is 2. The fourth-order valence-electron chi connectivity index (χ4n) is 7.82. The highest BCUT2D eigenvalue weighted by Crippen LogP contribution is 2.45. The summed E-state index contributed by atoms with van der Waals surface area (Å²) in [4.78, 5) is 35.0. The van der Waals surface area contributed by atoms with Crippen LogP contribution in [0.5, 0.6) is 11.5 Å². The highest BCUT2D eigenvalue weighted by molar-refractivity contribution is 5.86. The number of carbonyl (C=O) groups is 2. The summed E-state index contributed by atoms with van der Waals surface area (Å²) in [5, 5.41) is 11.9. The second-order valence-corrected chi connectivity index (χ2v) is 13.6. The molecular weight excluding hydrogens is 697 g/mol. The summed E-state index contributed by atoms with van der Waals surface area (Å²) < 4.78 is 23.7. The molecule has 0 aromatic heterocycles. The fraction of sp³-hybridized carbons (Fsp3) is 0.289. The number of likely N-dealkylation sites (tertiary alicyclic amines) is 1. The average molecular weight is 743 g/mol. The molecule has 2 atom stereocenters. The number of hydrogen-bond acceptors (Lipinski definition) is 8. The molecule has 10 nitrogen and oxygen atoms in total. The Morgan fingerprint density at radius 3 is 1.80 bits per heavy atom. The van der Waals surface area contributed by atoms with Crippen LogP contribution in [0.1, 0.15) is 47.1 Å². The van der Waals surface area contributed by atoms with Gasteiger partial charge in [0, 0.05) is 18.9 Å². The number of aliphatic hydroxyl groups is 1. The van der Waals surface area contributed by atoms with Crippen molar-refractivity contribution in [2.75, 3.05) is 47.1 Å². The number of ether oxygens (including phenoxy) is 4. The van der Waals surface area contributed by atoms with Gasteiger partial charge in [-0.3, -0.25) is 14.5 Å². The first-order valence-electron chi connectivity index (χ1n) is 18.6. The Labute approximate surface area is 321 Å². The molecule has 1 aliphatic heterocycles. The number of aliphatic hydroxyl groups excluding tert-OH is 1. The van der Waals surface area contributed by atoms with Gasteiger partial charge in [0.15, 0.2) is 0 Å². The zero-order valence-electron chi connectivity index (χ0n) is 31.3. The number of fused-ring (bicyclic) bond motifs is 3. The van der Waals surface area contributed by atoms with E-state index in [9.17, 15) is 14.7 Å². The van der Waals surface area contributed by atoms with Gasteiger partial charge in [0.05, 0.1) is 40.1 Å². The van der Waals surface area contributed by atoms with E-state index in [1.807, 2.05) is 103 Å². The minimum absolute atomic E-state index is 0.0168. The Balaban J connectivity index is 1.05. The van der Waals surface area contributed by atoms with Crippen molar-refractivity contribution in [3.8, 4) is 22.6 Å². The van der Waals surface area contributed by atoms with E-state index in [4.69, 9.17) is 23.8 Å². The molecule has 2 aliphatic rings. The van der Waals surface area contributed by atoms with Crippen LogP contribution in [0.3, 0.4) is 0 Å². The lowest BCUT2D eigenvalue weighted by Gasteiger charge is -2.36. The zero-order valence-corrected chi connectivity index (χ0v) is 31.3. The molecule has 10 heteroatoms. The highest BCUT2D eigenvalue weighted by atomic mass is 16.7. The lowest BCUT2D eigenvalue weighted by Crippen LogP contribution is -2.48. The molecule has 0 radical (unpaired) electrons. The summed E-state index contributed by atoms with van der Waals surface area (Å²) in [6.45, 7) is 2.23. The van der Waals surface area contributed by atoms with Gasteiger partial charge in [0.1, 0.15) is 29.7 Å². The van der Waals surface area contributed by atoms with Crippen molar-refractivity contribution in [1.29, 1.82) is 0 Å². The van der Waals surface area contributed by atoms with Gasteiger partial charge in [-0.1, -0.05) is 103 Å². The number of hydrogen-bond donors (Lipinski definition) is 1. The predicted octanol–water partition coefficient (Wildman–Crippen LogP) is 7.18. The number of likely N-dealkylation sites (N-methyl/N-ethyl adjacent to an activating group) is 1. The molecule has 0 spiro atoms. The van der Waals surface area contributed by atoms with Crippen molar-refractivity contribution in [2.45, 2.75) is 37.0 Å². The Kier molecular flexibility index (Phi) is 11.5. The van der Waals surface area contributed by atoms with Gasteiger partial charge in [-0.05, 0) is 70.1 Å². The molecular formula is C45H46N2O8. The maximum absolute atomic E-state index is 14.0. The van der Waals surface area contributed by atoms with Gasteiger partial charge >= 0.3 is 6.09 Å². The van der Waals surface area contributed by atoms with E-state index >= 15 is 0 Å². The minimum Gasteiger partial charge on any atom is -0.497 e. The summed E-state index contributed by atoms with van der Waals surface area (Å²) in [6, 6.07) is 40.7. The Morgan fingerprint density at radius 1 is 0.727 bits per heavy atom. The van der Waals surface area contributed by atoms with Crippen molar-refractivity contribution in [2.24, 2.45) is 0 Å². The molecule has 5 aromatic carbocycles. The first-order valence-corrected chi connectivity index (χ1v) is 18.6. The number of methoxy groups -OCH3 is 2. The number of nitrogens with zero attached hydrogens (tertiary/aromatic N) is 2. The summed E-state index contributed by atoms with van der Waals surface area (Å²) in [5.74, 6) is 0.856. The third-order valence-corrected chi connectivity index (χ3v) is 10.5. The SMILES string of the molecule is CCN(OCCOC(c1ccccc1)(c1ccc(OC)cc1)c1ccc(OC)cc1)C(=O)C1CC(O)CN1C(=O)OCC1c2ccccc2-c2ccccc21. The summed E-state index contributed by atoms with van der Waals surface area (Å²) in [6.07, 6.45) is -1.45. The standard InChI is InChI=1S/C45H46N2O8/c1-4-47(43(49)42-28-34(48)29-46(42)44(50)53-30-41-39-16-10-8-14-37(39)38-15-9-11-17-40(38)41)55-27-26-54-45(31-12-6-5-7-13-31,32-18-22-35(51-2)23-19-32)33-20-24-36(52-3)25-21-33/h5-25,34,41-42,48H,4,26-30H2,1-3H3. The topological polar surface area (TPSA) is 107 Å². The predicted molar refractivity (Wildman–Crippen MR) is 208 cm³/mol. The van der Waals surface area contributed by atoms with E-state index in [0.29, 0.717) is 11.5 Å². The van der Waals surface area contributed by atoms with Crippen molar-refractivity contribution in [1.82, 2.24) is 9.96 Å². The van der Waals surface area contributed by atoms with Crippen LogP contribution in [-0.2, 0) is 24.7 Å². The molecule has 1 aliphatic carbocycles. The van der Waals surface area contributed by atoms with Crippen LogP contribution < -0.4 is 9.47 Å². The van der Waals surface area contributed by atoms with Gasteiger partial charge in [0.2, 0.25) is 0 Å². The number of benzene rings is 5. The van der Waals surface area contributed by atoms with Gasteiger partial charge < -0.3 is 24.1 Å². The largest absolute Gasteiger partial charge is 0.497 e. The summed E-state index contributed by atoms with van der Waals surface area (Å²) in [7, 11) is 3.25. The second kappa shape index (κ2) is 16.8.